The van der Waals surface area contributed by atoms with Gasteiger partial charge in [0.15, 0.2) is 0 Å². The second-order valence-electron chi connectivity index (χ2n) is 3.93. The average Bonchev–Trinajstić information content (AvgIpc) is 2.59. The SMILES string of the molecule is [Sc].[SiH3]c1cccc2c1Cc1ccccc1-2. The maximum Gasteiger partial charge on any atom is 0.0389 e. The van der Waals surface area contributed by atoms with Crippen LogP contribution in [0.2, 0.25) is 0 Å². The summed E-state index contributed by atoms with van der Waals surface area (Å²) >= 11 is 0. The van der Waals surface area contributed by atoms with Crippen LogP contribution in [0.5, 0.6) is 0 Å². The summed E-state index contributed by atoms with van der Waals surface area (Å²) in [4.78, 5) is 0. The molecule has 2 heteroatoms. The zero-order valence-corrected chi connectivity index (χ0v) is 12.6. The van der Waals surface area contributed by atoms with Crippen LogP contribution in [-0.4, -0.2) is 10.2 Å². The average molecular weight is 241 g/mol. The summed E-state index contributed by atoms with van der Waals surface area (Å²) in [7, 11) is 1.16. The van der Waals surface area contributed by atoms with Gasteiger partial charge in [0.05, 0.1) is 0 Å². The van der Waals surface area contributed by atoms with Crippen molar-refractivity contribution >= 4 is 15.4 Å². The van der Waals surface area contributed by atoms with Gasteiger partial charge < -0.3 is 0 Å². The van der Waals surface area contributed by atoms with Gasteiger partial charge in [0.2, 0.25) is 0 Å². The minimum Gasteiger partial charge on any atom is -0.0667 e. The zero-order valence-electron chi connectivity index (χ0n) is 8.83. The maximum absolute atomic E-state index is 2.26. The van der Waals surface area contributed by atoms with Gasteiger partial charge in [-0.2, -0.15) is 0 Å². The molecular weight excluding hydrogens is 229 g/mol. The van der Waals surface area contributed by atoms with Crippen molar-refractivity contribution < 1.29 is 25.8 Å². The number of fused-ring (bicyclic) bond motifs is 3. The van der Waals surface area contributed by atoms with Crippen molar-refractivity contribution in [3.05, 3.63) is 53.6 Å². The molecule has 0 nitrogen and oxygen atoms in total. The van der Waals surface area contributed by atoms with Crippen LogP contribution >= 0.6 is 0 Å². The molecule has 0 aromatic heterocycles. The summed E-state index contributed by atoms with van der Waals surface area (Å²) in [5.74, 6) is 0. The molecule has 0 bridgehead atoms. The smallest absolute Gasteiger partial charge is 0.0389 e. The van der Waals surface area contributed by atoms with Gasteiger partial charge in [-0.3, -0.25) is 0 Å². The van der Waals surface area contributed by atoms with Gasteiger partial charge in [0.1, 0.15) is 0 Å². The van der Waals surface area contributed by atoms with Crippen molar-refractivity contribution in [1.29, 1.82) is 0 Å². The monoisotopic (exact) mass is 241 g/mol. The Kier molecular flexibility index (Phi) is 3.07. The first-order chi connectivity index (χ1) is 6.86. The quantitative estimate of drug-likeness (QED) is 0.520. The van der Waals surface area contributed by atoms with Gasteiger partial charge >= 0.3 is 0 Å². The van der Waals surface area contributed by atoms with Gasteiger partial charge in [-0.1, -0.05) is 47.7 Å². The van der Waals surface area contributed by atoms with Gasteiger partial charge in [0.25, 0.3) is 0 Å². The van der Waals surface area contributed by atoms with E-state index >= 15 is 0 Å². The molecule has 71 valence electrons. The molecule has 0 spiro atoms. The van der Waals surface area contributed by atoms with Crippen LogP contribution < -0.4 is 5.19 Å². The molecule has 2 aromatic rings. The fourth-order valence-corrected chi connectivity index (χ4v) is 2.96. The molecule has 2 aromatic carbocycles. The summed E-state index contributed by atoms with van der Waals surface area (Å²) in [5.41, 5.74) is 5.97. The first kappa shape index (κ1) is 11.0. The third kappa shape index (κ3) is 1.70. The first-order valence-electron chi connectivity index (χ1n) is 5.03. The zero-order chi connectivity index (χ0) is 9.54. The van der Waals surface area contributed by atoms with Crippen LogP contribution in [0, 0.1) is 0 Å². The van der Waals surface area contributed by atoms with E-state index < -0.39 is 0 Å². The van der Waals surface area contributed by atoms with E-state index in [2.05, 4.69) is 42.5 Å². The first-order valence-corrected chi connectivity index (χ1v) is 6.03. The molecule has 0 fully saturated rings. The number of benzene rings is 2. The minimum atomic E-state index is 0. The van der Waals surface area contributed by atoms with Gasteiger partial charge in [0, 0.05) is 36.1 Å². The molecule has 1 aliphatic rings. The van der Waals surface area contributed by atoms with Crippen molar-refractivity contribution in [3.63, 3.8) is 0 Å². The minimum absolute atomic E-state index is 0. The van der Waals surface area contributed by atoms with E-state index in [0.29, 0.717) is 0 Å². The summed E-state index contributed by atoms with van der Waals surface area (Å²) in [6.45, 7) is 0. The third-order valence-electron chi connectivity index (χ3n) is 3.09. The Morgan fingerprint density at radius 2 is 1.60 bits per heavy atom. The molecule has 0 unspecified atom stereocenters. The Hall–Kier alpha value is -0.473. The molecule has 0 saturated heterocycles. The van der Waals surface area contributed by atoms with E-state index in [1.165, 1.54) is 16.7 Å². The largest absolute Gasteiger partial charge is 0.0667 e. The molecule has 0 atom stereocenters. The Balaban J connectivity index is 0.000000853. The second-order valence-corrected chi connectivity index (χ2v) is 5.01. The van der Waals surface area contributed by atoms with Crippen LogP contribution in [-0.2, 0) is 32.3 Å². The van der Waals surface area contributed by atoms with E-state index in [4.69, 9.17) is 0 Å². The fraction of sp³-hybridized carbons (Fsp3) is 0.0769. The molecule has 0 saturated carbocycles. The van der Waals surface area contributed by atoms with Gasteiger partial charge in [-0.15, -0.1) is 0 Å². The van der Waals surface area contributed by atoms with E-state index in [-0.39, 0.29) is 25.8 Å². The molecule has 0 heterocycles. The molecule has 15 heavy (non-hydrogen) atoms. The van der Waals surface area contributed by atoms with Crippen molar-refractivity contribution in [3.8, 4) is 11.1 Å². The third-order valence-corrected chi connectivity index (χ3v) is 4.02. The summed E-state index contributed by atoms with van der Waals surface area (Å²) < 4.78 is 0. The Labute approximate surface area is 112 Å². The predicted molar refractivity (Wildman–Crippen MR) is 64.3 cm³/mol. The Morgan fingerprint density at radius 1 is 0.867 bits per heavy atom. The normalized spacial score (nSPS) is 11.7. The fourth-order valence-electron chi connectivity index (χ4n) is 2.32. The van der Waals surface area contributed by atoms with Crippen LogP contribution in [0.3, 0.4) is 0 Å². The predicted octanol–water partition coefficient (Wildman–Crippen LogP) is 1.25. The Morgan fingerprint density at radius 3 is 2.47 bits per heavy atom. The van der Waals surface area contributed by atoms with Crippen molar-refractivity contribution in [2.75, 3.05) is 0 Å². The second kappa shape index (κ2) is 4.18. The van der Waals surface area contributed by atoms with Crippen LogP contribution in [0.25, 0.3) is 11.1 Å². The van der Waals surface area contributed by atoms with Gasteiger partial charge in [-0.25, -0.2) is 0 Å². The van der Waals surface area contributed by atoms with E-state index in [1.54, 1.807) is 10.8 Å². The molecule has 0 N–H and O–H groups in total. The molecule has 0 amide bonds. The van der Waals surface area contributed by atoms with E-state index in [0.717, 1.165) is 16.7 Å². The Bertz CT molecular complexity index is 506. The van der Waals surface area contributed by atoms with E-state index in [1.807, 2.05) is 0 Å². The van der Waals surface area contributed by atoms with E-state index in [9.17, 15) is 0 Å². The molecule has 1 aliphatic carbocycles. The molecular formula is C13H12ScSi. The van der Waals surface area contributed by atoms with Crippen LogP contribution in [0.4, 0.5) is 0 Å². The standard InChI is InChI=1S/C13H12Si.Sc/c14-13-7-3-6-11-10-5-2-1-4-9(10)8-12(11)13;/h1-7H,8H2,14H3;. The molecule has 1 radical (unpaired) electrons. The van der Waals surface area contributed by atoms with Gasteiger partial charge in [-0.05, 0) is 28.7 Å². The summed E-state index contributed by atoms with van der Waals surface area (Å²) in [5, 5.41) is 1.55. The number of rotatable bonds is 0. The van der Waals surface area contributed by atoms with Crippen LogP contribution in [0.15, 0.2) is 42.5 Å². The summed E-state index contributed by atoms with van der Waals surface area (Å²) in [6, 6.07) is 15.5. The molecule has 3 rings (SSSR count). The van der Waals surface area contributed by atoms with Crippen LogP contribution in [0.1, 0.15) is 11.1 Å². The topological polar surface area (TPSA) is 0 Å². The number of hydrogen-bond acceptors (Lipinski definition) is 0. The van der Waals surface area contributed by atoms with Crippen molar-refractivity contribution in [2.24, 2.45) is 0 Å². The number of hydrogen-bond donors (Lipinski definition) is 0. The summed E-state index contributed by atoms with van der Waals surface area (Å²) in [6.07, 6.45) is 1.14. The maximum atomic E-state index is 2.26. The van der Waals surface area contributed by atoms with Crippen molar-refractivity contribution in [2.45, 2.75) is 6.42 Å². The molecule has 0 aliphatic heterocycles. The van der Waals surface area contributed by atoms with Crippen molar-refractivity contribution in [1.82, 2.24) is 0 Å².